The molecule has 158 valence electrons. The van der Waals surface area contributed by atoms with Crippen LogP contribution in [0.2, 0.25) is 5.02 Å². The smallest absolute Gasteiger partial charge is 0.355 e. The number of rotatable bonds is 8. The summed E-state index contributed by atoms with van der Waals surface area (Å²) < 4.78 is 63.7. The first-order valence-electron chi connectivity index (χ1n) is 8.63. The number of amides is 1. The second kappa shape index (κ2) is 9.49. The molecular weight excluding hydrogens is 429 g/mol. The molecule has 1 amide bonds. The average molecular weight is 449 g/mol. The molecule has 0 aliphatic carbocycles. The van der Waals surface area contributed by atoms with Crippen LogP contribution in [0, 0.1) is 0 Å². The maximum Gasteiger partial charge on any atom is 0.416 e. The fraction of sp³-hybridized carbons (Fsp3) is 0.316. The number of aryl methyl sites for hydroxylation is 1. The van der Waals surface area contributed by atoms with E-state index in [1.165, 1.54) is 0 Å². The Morgan fingerprint density at radius 2 is 1.79 bits per heavy atom. The minimum absolute atomic E-state index is 0.208. The lowest BCUT2D eigenvalue weighted by Crippen LogP contribution is -2.41. The number of benzene rings is 2. The van der Waals surface area contributed by atoms with Crippen molar-refractivity contribution in [3.63, 3.8) is 0 Å². The number of alkyl halides is 3. The SMILES string of the molecule is CS(=O)(=O)N(CC(=O)NCCCc1ccccc1)c1cc(C(F)(F)F)ccc1Cl. The normalized spacial score (nSPS) is 11.9. The fourth-order valence-electron chi connectivity index (χ4n) is 2.61. The first-order valence-corrected chi connectivity index (χ1v) is 10.9. The number of carbonyl (C=O) groups is 1. The summed E-state index contributed by atoms with van der Waals surface area (Å²) in [7, 11) is -4.05. The summed E-state index contributed by atoms with van der Waals surface area (Å²) >= 11 is 5.92. The molecule has 0 unspecified atom stereocenters. The van der Waals surface area contributed by atoms with Gasteiger partial charge in [-0.1, -0.05) is 41.9 Å². The van der Waals surface area contributed by atoms with Crippen LogP contribution >= 0.6 is 11.6 Å². The minimum Gasteiger partial charge on any atom is -0.355 e. The van der Waals surface area contributed by atoms with Crippen molar-refractivity contribution in [1.29, 1.82) is 0 Å². The molecule has 29 heavy (non-hydrogen) atoms. The number of carbonyl (C=O) groups excluding carboxylic acids is 1. The second-order valence-corrected chi connectivity index (χ2v) is 8.69. The van der Waals surface area contributed by atoms with Gasteiger partial charge in [0.15, 0.2) is 0 Å². The van der Waals surface area contributed by atoms with Crippen LogP contribution in [0.1, 0.15) is 17.5 Å². The van der Waals surface area contributed by atoms with Gasteiger partial charge in [0.2, 0.25) is 15.9 Å². The highest BCUT2D eigenvalue weighted by atomic mass is 35.5. The lowest BCUT2D eigenvalue weighted by atomic mass is 10.1. The van der Waals surface area contributed by atoms with Gasteiger partial charge in [0.05, 0.1) is 22.5 Å². The third-order valence-corrected chi connectivity index (χ3v) is 5.48. The summed E-state index contributed by atoms with van der Waals surface area (Å²) in [6.45, 7) is -0.382. The lowest BCUT2D eigenvalue weighted by molar-refractivity contribution is -0.137. The van der Waals surface area contributed by atoms with E-state index in [0.717, 1.165) is 30.4 Å². The van der Waals surface area contributed by atoms with E-state index in [-0.39, 0.29) is 5.02 Å². The van der Waals surface area contributed by atoms with E-state index in [0.29, 0.717) is 23.3 Å². The number of nitrogens with zero attached hydrogens (tertiary/aromatic N) is 1. The van der Waals surface area contributed by atoms with Gasteiger partial charge in [0, 0.05) is 6.54 Å². The van der Waals surface area contributed by atoms with Gasteiger partial charge in [-0.15, -0.1) is 0 Å². The van der Waals surface area contributed by atoms with Gasteiger partial charge in [0.25, 0.3) is 0 Å². The van der Waals surface area contributed by atoms with Crippen molar-refractivity contribution >= 4 is 33.2 Å². The number of anilines is 1. The van der Waals surface area contributed by atoms with Crippen molar-refractivity contribution in [3.05, 3.63) is 64.7 Å². The zero-order valence-corrected chi connectivity index (χ0v) is 17.1. The van der Waals surface area contributed by atoms with Crippen molar-refractivity contribution in [2.24, 2.45) is 0 Å². The average Bonchev–Trinajstić information content (AvgIpc) is 2.63. The van der Waals surface area contributed by atoms with E-state index < -0.39 is 39.9 Å². The molecule has 1 N–H and O–H groups in total. The Bertz CT molecular complexity index is 951. The van der Waals surface area contributed by atoms with Crippen LogP contribution < -0.4 is 9.62 Å². The van der Waals surface area contributed by atoms with Crippen molar-refractivity contribution < 1.29 is 26.4 Å². The van der Waals surface area contributed by atoms with E-state index in [1.807, 2.05) is 30.3 Å². The van der Waals surface area contributed by atoms with Gasteiger partial charge >= 0.3 is 6.18 Å². The number of nitrogens with one attached hydrogen (secondary N) is 1. The van der Waals surface area contributed by atoms with Gasteiger partial charge in [-0.2, -0.15) is 13.2 Å². The van der Waals surface area contributed by atoms with Gasteiger partial charge in [-0.05, 0) is 36.6 Å². The van der Waals surface area contributed by atoms with Crippen LogP contribution in [-0.4, -0.2) is 33.7 Å². The molecule has 0 saturated heterocycles. The number of hydrogen-bond donors (Lipinski definition) is 1. The van der Waals surface area contributed by atoms with Crippen LogP contribution in [0.15, 0.2) is 48.5 Å². The molecule has 2 aromatic rings. The van der Waals surface area contributed by atoms with Gasteiger partial charge in [-0.25, -0.2) is 8.42 Å². The quantitative estimate of drug-likeness (QED) is 0.623. The molecule has 0 radical (unpaired) electrons. The first-order chi connectivity index (χ1) is 13.5. The van der Waals surface area contributed by atoms with E-state index >= 15 is 0 Å². The Kier molecular flexibility index (Phi) is 7.54. The predicted octanol–water partition coefficient (Wildman–Crippen LogP) is 3.87. The molecular formula is C19H20ClF3N2O3S. The molecule has 0 saturated carbocycles. The molecule has 0 atom stereocenters. The lowest BCUT2D eigenvalue weighted by Gasteiger charge is -2.24. The second-order valence-electron chi connectivity index (χ2n) is 6.37. The molecule has 0 aliphatic rings. The van der Waals surface area contributed by atoms with Gasteiger partial charge in [-0.3, -0.25) is 9.10 Å². The number of hydrogen-bond acceptors (Lipinski definition) is 3. The molecule has 0 spiro atoms. The fourth-order valence-corrected chi connectivity index (χ4v) is 3.74. The maximum atomic E-state index is 13.0. The summed E-state index contributed by atoms with van der Waals surface area (Å²) in [5.41, 5.74) is -0.368. The molecule has 0 aliphatic heterocycles. The van der Waals surface area contributed by atoms with Crippen LogP contribution in [0.3, 0.4) is 0 Å². The molecule has 5 nitrogen and oxygen atoms in total. The minimum atomic E-state index is -4.68. The highest BCUT2D eigenvalue weighted by molar-refractivity contribution is 7.92. The van der Waals surface area contributed by atoms with Crippen molar-refractivity contribution in [2.45, 2.75) is 19.0 Å². The predicted molar refractivity (Wildman–Crippen MR) is 106 cm³/mol. The number of sulfonamides is 1. The maximum absolute atomic E-state index is 13.0. The third kappa shape index (κ3) is 6.93. The van der Waals surface area contributed by atoms with Crippen LogP contribution in [0.4, 0.5) is 18.9 Å². The van der Waals surface area contributed by atoms with E-state index in [1.54, 1.807) is 0 Å². The van der Waals surface area contributed by atoms with E-state index in [4.69, 9.17) is 11.6 Å². The zero-order chi connectivity index (χ0) is 21.7. The van der Waals surface area contributed by atoms with Crippen molar-refractivity contribution in [3.8, 4) is 0 Å². The third-order valence-electron chi connectivity index (χ3n) is 4.04. The van der Waals surface area contributed by atoms with Gasteiger partial charge < -0.3 is 5.32 Å². The number of halogens is 4. The van der Waals surface area contributed by atoms with E-state index in [2.05, 4.69) is 5.32 Å². The summed E-state index contributed by atoms with van der Waals surface area (Å²) in [6.07, 6.45) is -2.54. The summed E-state index contributed by atoms with van der Waals surface area (Å²) in [5, 5.41) is 2.37. The summed E-state index contributed by atoms with van der Waals surface area (Å²) in [5.74, 6) is -0.642. The molecule has 10 heteroatoms. The van der Waals surface area contributed by atoms with Gasteiger partial charge in [0.1, 0.15) is 6.54 Å². The van der Waals surface area contributed by atoms with Crippen LogP contribution in [0.5, 0.6) is 0 Å². The molecule has 2 rings (SSSR count). The topological polar surface area (TPSA) is 66.5 Å². The molecule has 0 bridgehead atoms. The first kappa shape index (κ1) is 23.0. The van der Waals surface area contributed by atoms with Crippen LogP contribution in [0.25, 0.3) is 0 Å². The van der Waals surface area contributed by atoms with Crippen LogP contribution in [-0.2, 0) is 27.4 Å². The standard InChI is InChI=1S/C19H20ClF3N2O3S/c1-29(27,28)25(17-12-15(19(21,22)23)9-10-16(17)20)13-18(26)24-11-5-8-14-6-3-2-4-7-14/h2-4,6-7,9-10,12H,5,8,11,13H2,1H3,(H,24,26). The highest BCUT2D eigenvalue weighted by Gasteiger charge is 2.33. The Hall–Kier alpha value is -2.26. The largest absolute Gasteiger partial charge is 0.416 e. The van der Waals surface area contributed by atoms with Crippen molar-refractivity contribution in [2.75, 3.05) is 23.7 Å². The Labute approximate surface area is 172 Å². The van der Waals surface area contributed by atoms with Crippen molar-refractivity contribution in [1.82, 2.24) is 5.32 Å². The Balaban J connectivity index is 2.07. The monoisotopic (exact) mass is 448 g/mol. The molecule has 0 heterocycles. The molecule has 0 fully saturated rings. The van der Waals surface area contributed by atoms with E-state index in [9.17, 15) is 26.4 Å². The molecule has 2 aromatic carbocycles. The summed E-state index contributed by atoms with van der Waals surface area (Å²) in [4.78, 5) is 12.2. The summed E-state index contributed by atoms with van der Waals surface area (Å²) in [6, 6.07) is 11.9. The Morgan fingerprint density at radius 3 is 2.38 bits per heavy atom. The zero-order valence-electron chi connectivity index (χ0n) is 15.5. The molecule has 0 aromatic heterocycles. The Morgan fingerprint density at radius 1 is 1.14 bits per heavy atom. The highest BCUT2D eigenvalue weighted by Crippen LogP contribution is 2.36.